The van der Waals surface area contributed by atoms with Gasteiger partial charge in [-0.3, -0.25) is 0 Å². The normalized spacial score (nSPS) is 11.6. The number of halogens is 1. The van der Waals surface area contributed by atoms with Gasteiger partial charge in [-0.15, -0.1) is 0 Å². The van der Waals surface area contributed by atoms with Crippen molar-refractivity contribution in [2.45, 2.75) is 25.4 Å². The van der Waals surface area contributed by atoms with Crippen LogP contribution < -0.4 is 24.0 Å². The van der Waals surface area contributed by atoms with Gasteiger partial charge in [0, 0.05) is 5.97 Å². The van der Waals surface area contributed by atoms with Gasteiger partial charge in [-0.1, -0.05) is 12.1 Å². The van der Waals surface area contributed by atoms with Gasteiger partial charge >= 0.3 is 18.9 Å². The van der Waals surface area contributed by atoms with Gasteiger partial charge < -0.3 is 15.0 Å². The molecule has 0 aliphatic rings. The molecular formula is C11H12FLiO3. The fraction of sp³-hybridized carbons (Fsp3) is 0.364. The van der Waals surface area contributed by atoms with Gasteiger partial charge in [-0.05, 0) is 37.0 Å². The number of benzene rings is 1. The number of carboxylic acid groups (broad SMARTS) is 1. The van der Waals surface area contributed by atoms with E-state index < -0.39 is 12.1 Å². The molecule has 3 nitrogen and oxygen atoms in total. The first-order valence-corrected chi connectivity index (χ1v) is 4.73. The molecule has 0 bridgehead atoms. The van der Waals surface area contributed by atoms with Gasteiger partial charge in [0.2, 0.25) is 0 Å². The molecule has 1 aromatic rings. The molecule has 1 rings (SSSR count). The molecule has 0 aliphatic carbocycles. The van der Waals surface area contributed by atoms with Gasteiger partial charge in [0.15, 0.2) is 0 Å². The summed E-state index contributed by atoms with van der Waals surface area (Å²) in [6, 6.07) is 5.49. The maximum Gasteiger partial charge on any atom is 1.00 e. The summed E-state index contributed by atoms with van der Waals surface area (Å²) in [4.78, 5) is 10.1. The molecule has 0 fully saturated rings. The summed E-state index contributed by atoms with van der Waals surface area (Å²) in [6.45, 7) is 0. The summed E-state index contributed by atoms with van der Waals surface area (Å²) < 4.78 is 12.5. The van der Waals surface area contributed by atoms with Crippen LogP contribution in [0.2, 0.25) is 0 Å². The zero-order chi connectivity index (χ0) is 11.3. The smallest absolute Gasteiger partial charge is 0.550 e. The number of carbonyl (C=O) groups excluding carboxylic acids is 1. The van der Waals surface area contributed by atoms with Gasteiger partial charge in [-0.25, -0.2) is 4.39 Å². The predicted octanol–water partition coefficient (Wildman–Crippen LogP) is -2.22. The van der Waals surface area contributed by atoms with E-state index in [4.69, 9.17) is 0 Å². The number of aliphatic carboxylic acids is 1. The molecule has 1 N–H and O–H groups in total. The van der Waals surface area contributed by atoms with E-state index in [1.165, 1.54) is 24.3 Å². The van der Waals surface area contributed by atoms with Gasteiger partial charge in [0.1, 0.15) is 5.82 Å². The molecule has 0 amide bonds. The van der Waals surface area contributed by atoms with Crippen LogP contribution in [0.3, 0.4) is 0 Å². The average Bonchev–Trinajstić information content (AvgIpc) is 2.18. The summed E-state index contributed by atoms with van der Waals surface area (Å²) in [5.41, 5.74) is 0.592. The molecular weight excluding hydrogens is 206 g/mol. The van der Waals surface area contributed by atoms with Crippen molar-refractivity contribution < 1.29 is 38.3 Å². The number of hydrogen-bond donors (Lipinski definition) is 1. The standard InChI is InChI=1S/C11H13FO3.Li/c12-9-6-4-8(5-7-9)10(13)2-1-3-11(14)15;/h4-7,10,13H,1-3H2,(H,14,15);/q;+1/p-1. The molecule has 0 aliphatic heterocycles. The van der Waals surface area contributed by atoms with Crippen molar-refractivity contribution >= 4 is 5.97 Å². The van der Waals surface area contributed by atoms with E-state index >= 15 is 0 Å². The summed E-state index contributed by atoms with van der Waals surface area (Å²) in [5.74, 6) is -1.48. The fourth-order valence-electron chi connectivity index (χ4n) is 1.29. The van der Waals surface area contributed by atoms with Crippen molar-refractivity contribution in [1.82, 2.24) is 0 Å². The van der Waals surface area contributed by atoms with Crippen molar-refractivity contribution in [1.29, 1.82) is 0 Å². The minimum absolute atomic E-state index is 0. The molecule has 82 valence electrons. The first kappa shape index (κ1) is 15.2. The van der Waals surface area contributed by atoms with E-state index in [1.807, 2.05) is 0 Å². The zero-order valence-corrected chi connectivity index (χ0v) is 9.15. The van der Waals surface area contributed by atoms with E-state index in [0.717, 1.165) is 0 Å². The van der Waals surface area contributed by atoms with Crippen LogP contribution in [0.15, 0.2) is 24.3 Å². The van der Waals surface area contributed by atoms with Gasteiger partial charge in [-0.2, -0.15) is 0 Å². The third kappa shape index (κ3) is 5.31. The van der Waals surface area contributed by atoms with Crippen LogP contribution in [0.1, 0.15) is 30.9 Å². The molecule has 0 heterocycles. The Hall–Kier alpha value is -0.823. The molecule has 0 spiro atoms. The minimum Gasteiger partial charge on any atom is -0.550 e. The second kappa shape index (κ2) is 7.45. The van der Waals surface area contributed by atoms with Crippen LogP contribution in [0.5, 0.6) is 0 Å². The van der Waals surface area contributed by atoms with Crippen LogP contribution in [-0.2, 0) is 4.79 Å². The maximum absolute atomic E-state index is 12.5. The van der Waals surface area contributed by atoms with E-state index in [9.17, 15) is 19.4 Å². The first-order chi connectivity index (χ1) is 7.09. The van der Waals surface area contributed by atoms with E-state index in [2.05, 4.69) is 0 Å². The molecule has 1 unspecified atom stereocenters. The van der Waals surface area contributed by atoms with Crippen LogP contribution in [-0.4, -0.2) is 11.1 Å². The van der Waals surface area contributed by atoms with Crippen LogP contribution in [0, 0.1) is 5.82 Å². The third-order valence-corrected chi connectivity index (χ3v) is 2.11. The van der Waals surface area contributed by atoms with Crippen LogP contribution >= 0.6 is 0 Å². The largest absolute Gasteiger partial charge is 1.00 e. The molecule has 5 heteroatoms. The summed E-state index contributed by atoms with van der Waals surface area (Å²) in [7, 11) is 0. The second-order valence-electron chi connectivity index (χ2n) is 3.33. The molecule has 16 heavy (non-hydrogen) atoms. The minimum atomic E-state index is -1.12. The van der Waals surface area contributed by atoms with Crippen LogP contribution in [0.4, 0.5) is 4.39 Å². The van der Waals surface area contributed by atoms with Crippen molar-refractivity contribution in [3.05, 3.63) is 35.6 Å². The van der Waals surface area contributed by atoms with Crippen molar-refractivity contribution in [3.63, 3.8) is 0 Å². The van der Waals surface area contributed by atoms with Crippen molar-refractivity contribution in [3.8, 4) is 0 Å². The number of carbonyl (C=O) groups is 1. The predicted molar refractivity (Wildman–Crippen MR) is 50.2 cm³/mol. The zero-order valence-electron chi connectivity index (χ0n) is 9.15. The Morgan fingerprint density at radius 1 is 1.38 bits per heavy atom. The average molecular weight is 218 g/mol. The maximum atomic E-state index is 12.5. The van der Waals surface area contributed by atoms with Crippen molar-refractivity contribution in [2.75, 3.05) is 0 Å². The molecule has 1 atom stereocenters. The monoisotopic (exact) mass is 218 g/mol. The Kier molecular flexibility index (Phi) is 7.07. The molecule has 0 aromatic heterocycles. The Labute approximate surface area is 105 Å². The van der Waals surface area contributed by atoms with Crippen molar-refractivity contribution in [2.24, 2.45) is 0 Å². The Morgan fingerprint density at radius 2 is 1.94 bits per heavy atom. The molecule has 0 saturated heterocycles. The Morgan fingerprint density at radius 3 is 2.44 bits per heavy atom. The van der Waals surface area contributed by atoms with Gasteiger partial charge in [0.05, 0.1) is 6.10 Å². The van der Waals surface area contributed by atoms with Gasteiger partial charge in [0.25, 0.3) is 0 Å². The summed E-state index contributed by atoms with van der Waals surface area (Å²) in [6.07, 6.45) is -0.136. The molecule has 0 radical (unpaired) electrons. The van der Waals surface area contributed by atoms with Crippen LogP contribution in [0.25, 0.3) is 0 Å². The second-order valence-corrected chi connectivity index (χ2v) is 3.33. The molecule has 0 saturated carbocycles. The quantitative estimate of drug-likeness (QED) is 0.570. The number of hydrogen-bond acceptors (Lipinski definition) is 3. The van der Waals surface area contributed by atoms with E-state index in [0.29, 0.717) is 18.4 Å². The first-order valence-electron chi connectivity index (χ1n) is 4.73. The van der Waals surface area contributed by atoms with E-state index in [1.54, 1.807) is 0 Å². The number of carboxylic acids is 1. The summed E-state index contributed by atoms with van der Waals surface area (Å²) >= 11 is 0. The third-order valence-electron chi connectivity index (χ3n) is 2.11. The number of aliphatic hydroxyl groups excluding tert-OH is 1. The topological polar surface area (TPSA) is 60.4 Å². The Bertz CT molecular complexity index is 327. The summed E-state index contributed by atoms with van der Waals surface area (Å²) in [5, 5.41) is 19.7. The fourth-order valence-corrected chi connectivity index (χ4v) is 1.29. The number of aliphatic hydroxyl groups is 1. The number of rotatable bonds is 5. The van der Waals surface area contributed by atoms with E-state index in [-0.39, 0.29) is 31.1 Å². The Balaban J connectivity index is 0.00000225. The molecule has 1 aromatic carbocycles. The SMILES string of the molecule is O=C([O-])CCCC(O)c1ccc(F)cc1.[Li+].